The first-order valence-electron chi connectivity index (χ1n) is 8.94. The highest BCUT2D eigenvalue weighted by molar-refractivity contribution is 7.92. The van der Waals surface area contributed by atoms with Crippen LogP contribution in [0.15, 0.2) is 41.8 Å². The van der Waals surface area contributed by atoms with Crippen LogP contribution in [-0.4, -0.2) is 29.6 Å². The van der Waals surface area contributed by atoms with Gasteiger partial charge in [0, 0.05) is 13.2 Å². The van der Waals surface area contributed by atoms with E-state index in [-0.39, 0.29) is 6.10 Å². The molecule has 1 aromatic heterocycles. The van der Waals surface area contributed by atoms with Gasteiger partial charge in [-0.1, -0.05) is 18.7 Å². The van der Waals surface area contributed by atoms with Crippen LogP contribution in [0.3, 0.4) is 0 Å². The fraction of sp³-hybridized carbons (Fsp3) is 0.450. The number of nitrogens with zero attached hydrogens (tertiary/aromatic N) is 2. The summed E-state index contributed by atoms with van der Waals surface area (Å²) in [6.07, 6.45) is 2.29. The van der Waals surface area contributed by atoms with E-state index in [1.54, 1.807) is 24.3 Å². The Morgan fingerprint density at radius 2 is 2.19 bits per heavy atom. The lowest BCUT2D eigenvalue weighted by molar-refractivity contribution is -0.00471. The molecule has 1 aliphatic heterocycles. The molecule has 0 radical (unpaired) electrons. The van der Waals surface area contributed by atoms with Crippen LogP contribution in [0.4, 0.5) is 0 Å². The number of sulfone groups is 1. The number of hydrogen-bond donors (Lipinski definition) is 0. The molecule has 0 saturated carbocycles. The van der Waals surface area contributed by atoms with Gasteiger partial charge in [-0.15, -0.1) is 0 Å². The van der Waals surface area contributed by atoms with E-state index in [9.17, 15) is 8.42 Å². The molecule has 1 aliphatic rings. The Labute approximate surface area is 155 Å². The van der Waals surface area contributed by atoms with Gasteiger partial charge in [-0.05, 0) is 63.5 Å². The number of aromatic nitrogens is 2. The molecule has 0 spiro atoms. The van der Waals surface area contributed by atoms with Gasteiger partial charge in [0.2, 0.25) is 0 Å². The van der Waals surface area contributed by atoms with Crippen molar-refractivity contribution in [3.63, 3.8) is 0 Å². The second-order valence-corrected chi connectivity index (χ2v) is 9.56. The van der Waals surface area contributed by atoms with Crippen LogP contribution < -0.4 is 0 Å². The van der Waals surface area contributed by atoms with Gasteiger partial charge in [-0.3, -0.25) is 4.68 Å². The Hall–Kier alpha value is -1.92. The lowest BCUT2D eigenvalue weighted by Gasteiger charge is -2.37. The third kappa shape index (κ3) is 3.23. The molecule has 26 heavy (non-hydrogen) atoms. The van der Waals surface area contributed by atoms with E-state index < -0.39 is 14.6 Å². The van der Waals surface area contributed by atoms with Gasteiger partial charge in [-0.2, -0.15) is 5.10 Å². The van der Waals surface area contributed by atoms with E-state index in [0.29, 0.717) is 30.9 Å². The van der Waals surface area contributed by atoms with Gasteiger partial charge in [0.25, 0.3) is 0 Å². The van der Waals surface area contributed by atoms with Crippen molar-refractivity contribution in [3.8, 4) is 0 Å². The van der Waals surface area contributed by atoms with Crippen molar-refractivity contribution in [3.05, 3.63) is 53.9 Å². The predicted octanol–water partition coefficient (Wildman–Crippen LogP) is 3.94. The summed E-state index contributed by atoms with van der Waals surface area (Å²) in [6.45, 7) is 10.6. The molecule has 3 rings (SSSR count). The van der Waals surface area contributed by atoms with Gasteiger partial charge in [-0.25, -0.2) is 8.42 Å². The summed E-state index contributed by atoms with van der Waals surface area (Å²) in [5.74, 6) is 0. The Morgan fingerprint density at radius 3 is 2.85 bits per heavy atom. The van der Waals surface area contributed by atoms with Crippen LogP contribution >= 0.6 is 0 Å². The molecule has 2 aromatic rings. The standard InChI is InChI=1S/C20H26N2O3S/c1-5-16-13-18(22(6-2)21-16)19-14-20(4,10-11-25-19)26(23,24)17-9-7-8-15(3)12-17/h5,7-9,12-13,19H,1,6,10-11,14H2,2-4H3. The Bertz CT molecular complexity index is 917. The SMILES string of the molecule is C=Cc1cc(C2CC(C)(S(=O)(=O)c3cccc(C)c3)CCO2)n(CC)n1. The van der Waals surface area contributed by atoms with Gasteiger partial charge in [0.15, 0.2) is 9.84 Å². The highest BCUT2D eigenvalue weighted by atomic mass is 32.2. The molecule has 0 aliphatic carbocycles. The Morgan fingerprint density at radius 1 is 1.42 bits per heavy atom. The molecule has 2 unspecified atom stereocenters. The summed E-state index contributed by atoms with van der Waals surface area (Å²) in [5, 5.41) is 4.47. The Kier molecular flexibility index (Phi) is 5.08. The summed E-state index contributed by atoms with van der Waals surface area (Å²) in [6, 6.07) is 9.07. The summed E-state index contributed by atoms with van der Waals surface area (Å²) in [4.78, 5) is 0.386. The number of aryl methyl sites for hydroxylation is 2. The van der Waals surface area contributed by atoms with E-state index in [2.05, 4.69) is 11.7 Å². The predicted molar refractivity (Wildman–Crippen MR) is 103 cm³/mol. The number of hydrogen-bond acceptors (Lipinski definition) is 4. The van der Waals surface area contributed by atoms with Crippen LogP contribution in [0.2, 0.25) is 0 Å². The minimum absolute atomic E-state index is 0.297. The second kappa shape index (κ2) is 7.00. The first-order chi connectivity index (χ1) is 12.3. The van der Waals surface area contributed by atoms with E-state index in [1.165, 1.54) is 0 Å². The molecular weight excluding hydrogens is 348 g/mol. The molecule has 2 heterocycles. The average Bonchev–Trinajstić information content (AvgIpc) is 3.05. The maximum atomic E-state index is 13.4. The third-order valence-corrected chi connectivity index (χ3v) is 7.73. The lowest BCUT2D eigenvalue weighted by Crippen LogP contribution is -2.42. The quantitative estimate of drug-likeness (QED) is 0.795. The molecule has 6 heteroatoms. The third-order valence-electron chi connectivity index (χ3n) is 5.18. The number of rotatable bonds is 5. The van der Waals surface area contributed by atoms with Gasteiger partial charge < -0.3 is 4.74 Å². The van der Waals surface area contributed by atoms with E-state index in [4.69, 9.17) is 4.74 Å². The van der Waals surface area contributed by atoms with Crippen molar-refractivity contribution >= 4 is 15.9 Å². The molecule has 5 nitrogen and oxygen atoms in total. The maximum Gasteiger partial charge on any atom is 0.184 e. The molecule has 140 valence electrons. The van der Waals surface area contributed by atoms with Crippen molar-refractivity contribution in [2.24, 2.45) is 0 Å². The fourth-order valence-electron chi connectivity index (χ4n) is 3.54. The summed E-state index contributed by atoms with van der Waals surface area (Å²) in [5.41, 5.74) is 2.63. The zero-order valence-electron chi connectivity index (χ0n) is 15.6. The number of benzene rings is 1. The summed E-state index contributed by atoms with van der Waals surface area (Å²) in [7, 11) is -3.47. The molecule has 0 bridgehead atoms. The highest BCUT2D eigenvalue weighted by Gasteiger charge is 2.45. The first-order valence-corrected chi connectivity index (χ1v) is 10.4. The van der Waals surface area contributed by atoms with Gasteiger partial charge >= 0.3 is 0 Å². The van der Waals surface area contributed by atoms with Crippen molar-refractivity contribution in [1.29, 1.82) is 0 Å². The molecule has 1 aromatic carbocycles. The molecule has 1 fully saturated rings. The first kappa shape index (κ1) is 18.9. The van der Waals surface area contributed by atoms with E-state index >= 15 is 0 Å². The normalized spacial score (nSPS) is 23.7. The van der Waals surface area contributed by atoms with Crippen molar-refractivity contribution < 1.29 is 13.2 Å². The zero-order chi connectivity index (χ0) is 18.9. The van der Waals surface area contributed by atoms with E-state index in [1.807, 2.05) is 37.6 Å². The minimum Gasteiger partial charge on any atom is -0.372 e. The maximum absolute atomic E-state index is 13.4. The highest BCUT2D eigenvalue weighted by Crippen LogP contribution is 2.42. The lowest BCUT2D eigenvalue weighted by atomic mass is 9.94. The average molecular weight is 375 g/mol. The summed E-state index contributed by atoms with van der Waals surface area (Å²) < 4.78 is 33.7. The molecule has 0 N–H and O–H groups in total. The van der Waals surface area contributed by atoms with Crippen LogP contribution in [0.25, 0.3) is 6.08 Å². The largest absolute Gasteiger partial charge is 0.372 e. The topological polar surface area (TPSA) is 61.2 Å². The summed E-state index contributed by atoms with van der Waals surface area (Å²) >= 11 is 0. The molecule has 2 atom stereocenters. The van der Waals surface area contributed by atoms with Gasteiger partial charge in [0.1, 0.15) is 6.10 Å². The van der Waals surface area contributed by atoms with Crippen LogP contribution in [0.1, 0.15) is 49.7 Å². The monoisotopic (exact) mass is 374 g/mol. The molecule has 0 amide bonds. The van der Waals surface area contributed by atoms with Crippen LogP contribution in [-0.2, 0) is 21.1 Å². The second-order valence-electron chi connectivity index (χ2n) is 7.10. The van der Waals surface area contributed by atoms with Gasteiger partial charge in [0.05, 0.1) is 21.0 Å². The molecular formula is C20H26N2O3S. The van der Waals surface area contributed by atoms with Crippen molar-refractivity contribution in [2.45, 2.75) is 55.9 Å². The van der Waals surface area contributed by atoms with Crippen molar-refractivity contribution in [2.75, 3.05) is 6.61 Å². The number of ether oxygens (including phenoxy) is 1. The van der Waals surface area contributed by atoms with Crippen LogP contribution in [0.5, 0.6) is 0 Å². The molecule has 1 saturated heterocycles. The van der Waals surface area contributed by atoms with Crippen LogP contribution in [0, 0.1) is 6.92 Å². The fourth-order valence-corrected chi connectivity index (χ4v) is 5.43. The van der Waals surface area contributed by atoms with Crippen molar-refractivity contribution in [1.82, 2.24) is 9.78 Å². The zero-order valence-corrected chi connectivity index (χ0v) is 16.4. The minimum atomic E-state index is -3.47. The smallest absolute Gasteiger partial charge is 0.184 e. The van der Waals surface area contributed by atoms with E-state index in [0.717, 1.165) is 17.0 Å². The Balaban J connectivity index is 1.96.